The van der Waals surface area contributed by atoms with Crippen molar-refractivity contribution in [1.82, 2.24) is 0 Å². The number of amides is 1. The molecule has 28 heavy (non-hydrogen) atoms. The first-order chi connectivity index (χ1) is 13.5. The average Bonchev–Trinajstić information content (AvgIpc) is 2.73. The Kier molecular flexibility index (Phi) is 5.91. The van der Waals surface area contributed by atoms with E-state index in [1.165, 1.54) is 29.6 Å². The highest BCUT2D eigenvalue weighted by Gasteiger charge is 2.20. The van der Waals surface area contributed by atoms with Crippen molar-refractivity contribution in [3.8, 4) is 0 Å². The minimum Gasteiger partial charge on any atom is -0.323 e. The molecule has 0 fully saturated rings. The topological polar surface area (TPSA) is 66.5 Å². The summed E-state index contributed by atoms with van der Waals surface area (Å²) in [7, 11) is -2.17. The van der Waals surface area contributed by atoms with Crippen molar-refractivity contribution in [2.45, 2.75) is 4.90 Å². The van der Waals surface area contributed by atoms with Crippen molar-refractivity contribution < 1.29 is 13.2 Å². The van der Waals surface area contributed by atoms with Crippen LogP contribution in [0.2, 0.25) is 0 Å². The maximum Gasteiger partial charge on any atom is 0.264 e. The zero-order chi connectivity index (χ0) is 20.0. The van der Waals surface area contributed by atoms with Crippen molar-refractivity contribution >= 4 is 33.4 Å². The molecule has 142 valence electrons. The molecule has 1 N–H and O–H groups in total. The van der Waals surface area contributed by atoms with Crippen LogP contribution in [0.4, 0.5) is 11.4 Å². The highest BCUT2D eigenvalue weighted by atomic mass is 32.2. The van der Waals surface area contributed by atoms with Crippen molar-refractivity contribution in [1.29, 1.82) is 0 Å². The van der Waals surface area contributed by atoms with E-state index in [9.17, 15) is 13.2 Å². The molecule has 0 spiro atoms. The van der Waals surface area contributed by atoms with Gasteiger partial charge in [0.15, 0.2) is 0 Å². The summed E-state index contributed by atoms with van der Waals surface area (Å²) in [5.74, 6) is -0.291. The summed E-state index contributed by atoms with van der Waals surface area (Å²) in [6, 6.07) is 24.4. The van der Waals surface area contributed by atoms with Gasteiger partial charge in [0.25, 0.3) is 10.0 Å². The van der Waals surface area contributed by atoms with Gasteiger partial charge in [0.2, 0.25) is 5.91 Å². The molecule has 0 bridgehead atoms. The molecule has 0 aliphatic carbocycles. The molecule has 3 aromatic carbocycles. The summed E-state index contributed by atoms with van der Waals surface area (Å²) >= 11 is 0. The fraction of sp³-hybridized carbons (Fsp3) is 0.0455. The van der Waals surface area contributed by atoms with Crippen molar-refractivity contribution in [3.05, 3.63) is 96.6 Å². The molecule has 0 heterocycles. The van der Waals surface area contributed by atoms with Crippen LogP contribution < -0.4 is 9.62 Å². The number of para-hydroxylation sites is 1. The van der Waals surface area contributed by atoms with Crippen LogP contribution in [0.25, 0.3) is 6.08 Å². The Bertz CT molecular complexity index is 1060. The number of anilines is 2. The molecular weight excluding hydrogens is 372 g/mol. The quantitative estimate of drug-likeness (QED) is 0.641. The number of nitrogens with zero attached hydrogens (tertiary/aromatic N) is 1. The fourth-order valence-corrected chi connectivity index (χ4v) is 3.76. The van der Waals surface area contributed by atoms with Crippen molar-refractivity contribution in [3.63, 3.8) is 0 Å². The Morgan fingerprint density at radius 1 is 0.857 bits per heavy atom. The molecular formula is C22H20N2O3S. The number of nitrogens with one attached hydrogen (secondary N) is 1. The summed E-state index contributed by atoms with van der Waals surface area (Å²) in [5.41, 5.74) is 2.01. The van der Waals surface area contributed by atoms with E-state index >= 15 is 0 Å². The zero-order valence-electron chi connectivity index (χ0n) is 15.3. The third-order valence-corrected chi connectivity index (χ3v) is 5.93. The molecule has 0 aliphatic rings. The van der Waals surface area contributed by atoms with Gasteiger partial charge in [0, 0.05) is 18.8 Å². The molecule has 6 heteroatoms. The first-order valence-electron chi connectivity index (χ1n) is 8.65. The van der Waals surface area contributed by atoms with Crippen LogP contribution in [-0.2, 0) is 14.8 Å². The summed E-state index contributed by atoms with van der Waals surface area (Å²) in [6.07, 6.45) is 3.14. The van der Waals surface area contributed by atoms with Gasteiger partial charge < -0.3 is 5.32 Å². The molecule has 0 saturated heterocycles. The molecule has 0 saturated carbocycles. The number of benzene rings is 3. The minimum absolute atomic E-state index is 0.150. The van der Waals surface area contributed by atoms with Gasteiger partial charge in [-0.15, -0.1) is 0 Å². The predicted octanol–water partition coefficient (Wildman–Crippen LogP) is 4.16. The van der Waals surface area contributed by atoms with E-state index in [-0.39, 0.29) is 10.8 Å². The first kappa shape index (κ1) is 19.4. The van der Waals surface area contributed by atoms with Crippen LogP contribution in [0, 0.1) is 0 Å². The summed E-state index contributed by atoms with van der Waals surface area (Å²) in [4.78, 5) is 12.2. The van der Waals surface area contributed by atoms with E-state index in [0.29, 0.717) is 11.4 Å². The van der Waals surface area contributed by atoms with Gasteiger partial charge >= 0.3 is 0 Å². The van der Waals surface area contributed by atoms with E-state index < -0.39 is 10.0 Å². The second-order valence-electron chi connectivity index (χ2n) is 6.07. The predicted molar refractivity (Wildman–Crippen MR) is 113 cm³/mol. The number of rotatable bonds is 6. The number of carbonyl (C=O) groups is 1. The van der Waals surface area contributed by atoms with Gasteiger partial charge in [-0.05, 0) is 48.0 Å². The normalized spacial score (nSPS) is 11.3. The molecule has 3 rings (SSSR count). The van der Waals surface area contributed by atoms with E-state index in [1.54, 1.807) is 42.5 Å². The smallest absolute Gasteiger partial charge is 0.264 e. The number of sulfonamides is 1. The summed E-state index contributed by atoms with van der Waals surface area (Å²) < 4.78 is 26.7. The third-order valence-electron chi connectivity index (χ3n) is 4.13. The standard InChI is InChI=1S/C22H20N2O3S/c1-24(20-10-6-3-7-11-20)28(26,27)21-15-13-19(14-16-21)23-22(25)17-12-18-8-4-2-5-9-18/h2-17H,1H3,(H,23,25)/b17-12-. The van der Waals surface area contributed by atoms with Crippen LogP contribution in [0.5, 0.6) is 0 Å². The van der Waals surface area contributed by atoms with Gasteiger partial charge in [0.1, 0.15) is 0 Å². The maximum absolute atomic E-state index is 12.8. The van der Waals surface area contributed by atoms with E-state index in [0.717, 1.165) is 5.56 Å². The number of carbonyl (C=O) groups excluding carboxylic acids is 1. The summed E-state index contributed by atoms with van der Waals surface area (Å²) in [6.45, 7) is 0. The Morgan fingerprint density at radius 3 is 2.04 bits per heavy atom. The lowest BCUT2D eigenvalue weighted by Crippen LogP contribution is -2.26. The lowest BCUT2D eigenvalue weighted by atomic mass is 10.2. The molecule has 1 amide bonds. The van der Waals surface area contributed by atoms with Crippen LogP contribution in [-0.4, -0.2) is 21.4 Å². The van der Waals surface area contributed by atoms with Gasteiger partial charge in [-0.1, -0.05) is 48.5 Å². The Hall–Kier alpha value is -3.38. The van der Waals surface area contributed by atoms with Gasteiger partial charge in [-0.25, -0.2) is 8.42 Å². The Balaban J connectivity index is 1.69. The highest BCUT2D eigenvalue weighted by Crippen LogP contribution is 2.22. The number of hydrogen-bond donors (Lipinski definition) is 1. The molecule has 3 aromatic rings. The lowest BCUT2D eigenvalue weighted by Gasteiger charge is -2.19. The monoisotopic (exact) mass is 392 g/mol. The minimum atomic E-state index is -3.68. The summed E-state index contributed by atoms with van der Waals surface area (Å²) in [5, 5.41) is 2.72. The third kappa shape index (κ3) is 4.66. The molecule has 5 nitrogen and oxygen atoms in total. The maximum atomic E-state index is 12.8. The zero-order valence-corrected chi connectivity index (χ0v) is 16.1. The van der Waals surface area contributed by atoms with Gasteiger partial charge in [0.05, 0.1) is 10.6 Å². The van der Waals surface area contributed by atoms with E-state index in [1.807, 2.05) is 36.4 Å². The van der Waals surface area contributed by atoms with Gasteiger partial charge in [-0.2, -0.15) is 0 Å². The number of hydrogen-bond acceptors (Lipinski definition) is 3. The Labute approximate surface area is 165 Å². The van der Waals surface area contributed by atoms with Crippen LogP contribution >= 0.6 is 0 Å². The van der Waals surface area contributed by atoms with E-state index in [4.69, 9.17) is 0 Å². The SMILES string of the molecule is CN(c1ccccc1)S(=O)(=O)c1ccc(NC(=O)/C=C\c2ccccc2)cc1. The second kappa shape index (κ2) is 8.54. The fourth-order valence-electron chi connectivity index (χ4n) is 2.57. The van der Waals surface area contributed by atoms with E-state index in [2.05, 4.69) is 5.32 Å². The van der Waals surface area contributed by atoms with Crippen molar-refractivity contribution in [2.75, 3.05) is 16.7 Å². The first-order valence-corrected chi connectivity index (χ1v) is 10.1. The highest BCUT2D eigenvalue weighted by molar-refractivity contribution is 7.92. The molecule has 0 aromatic heterocycles. The largest absolute Gasteiger partial charge is 0.323 e. The van der Waals surface area contributed by atoms with Gasteiger partial charge in [-0.3, -0.25) is 9.10 Å². The van der Waals surface area contributed by atoms with Crippen LogP contribution in [0.15, 0.2) is 95.9 Å². The molecule has 0 unspecified atom stereocenters. The molecule has 0 radical (unpaired) electrons. The van der Waals surface area contributed by atoms with Crippen LogP contribution in [0.1, 0.15) is 5.56 Å². The molecule has 0 aliphatic heterocycles. The average molecular weight is 392 g/mol. The second-order valence-corrected chi connectivity index (χ2v) is 8.03. The molecule has 0 atom stereocenters. The Morgan fingerprint density at radius 2 is 1.43 bits per heavy atom. The van der Waals surface area contributed by atoms with Crippen LogP contribution in [0.3, 0.4) is 0 Å². The van der Waals surface area contributed by atoms with Crippen molar-refractivity contribution in [2.24, 2.45) is 0 Å². The lowest BCUT2D eigenvalue weighted by molar-refractivity contribution is -0.111.